The number of rotatable bonds is 6. The first kappa shape index (κ1) is 23.8. The molecule has 0 spiro atoms. The highest BCUT2D eigenvalue weighted by Crippen LogP contribution is 2.35. The van der Waals surface area contributed by atoms with E-state index in [1.807, 2.05) is 26.0 Å². The molecule has 1 aromatic heterocycles. The molecule has 0 bridgehead atoms. The molecule has 0 fully saturated rings. The van der Waals surface area contributed by atoms with Gasteiger partial charge in [0.05, 0.1) is 12.0 Å². The number of phenolic OH excluding ortho intramolecular Hbond substituents is 1. The summed E-state index contributed by atoms with van der Waals surface area (Å²) in [5.74, 6) is -1.36. The molecule has 0 saturated carbocycles. The van der Waals surface area contributed by atoms with Crippen LogP contribution in [0.4, 0.5) is 5.69 Å². The van der Waals surface area contributed by atoms with Crippen LogP contribution in [0.2, 0.25) is 0 Å². The largest absolute Gasteiger partial charge is 0.507 e. The van der Waals surface area contributed by atoms with E-state index in [9.17, 15) is 19.8 Å². The fourth-order valence-corrected chi connectivity index (χ4v) is 4.21. The van der Waals surface area contributed by atoms with E-state index in [1.165, 1.54) is 23.4 Å². The number of carboxylic acid groups (broad SMARTS) is 1. The van der Waals surface area contributed by atoms with Gasteiger partial charge < -0.3 is 14.6 Å². The number of allylic oxidation sites excluding steroid dienone is 2. The fourth-order valence-electron chi connectivity index (χ4n) is 4.21. The molecule has 2 heterocycles. The van der Waals surface area contributed by atoms with Gasteiger partial charge in [-0.15, -0.1) is 0 Å². The van der Waals surface area contributed by atoms with E-state index < -0.39 is 17.4 Å². The van der Waals surface area contributed by atoms with Crippen molar-refractivity contribution in [2.75, 3.05) is 5.01 Å². The molecule has 3 N–H and O–H groups in total. The molecule has 1 unspecified atom stereocenters. The Morgan fingerprint density at radius 3 is 2.65 bits per heavy atom. The number of aryl methyl sites for hydroxylation is 2. The zero-order chi connectivity index (χ0) is 26.2. The topological polar surface area (TPSA) is 128 Å². The van der Waals surface area contributed by atoms with Crippen LogP contribution in [-0.4, -0.2) is 39.1 Å². The number of nitrogens with one attached hydrogen (secondary N) is 1. The number of anilines is 1. The van der Waals surface area contributed by atoms with Crippen LogP contribution in [-0.2, 0) is 9.59 Å². The van der Waals surface area contributed by atoms with Gasteiger partial charge in [0.15, 0.2) is 22.7 Å². The number of hydrazone groups is 2. The number of carbonyl (C=O) groups excluding carboxylic acids is 1. The van der Waals surface area contributed by atoms with Gasteiger partial charge in [-0.3, -0.25) is 10.2 Å². The molecule has 9 heteroatoms. The van der Waals surface area contributed by atoms with E-state index in [1.54, 1.807) is 48.6 Å². The Bertz CT molecular complexity index is 1520. The molecule has 2 aliphatic rings. The predicted molar refractivity (Wildman–Crippen MR) is 139 cm³/mol. The summed E-state index contributed by atoms with van der Waals surface area (Å²) in [7, 11) is 0. The van der Waals surface area contributed by atoms with Crippen LogP contribution >= 0.6 is 0 Å². The number of carbonyl (C=O) groups is 2. The minimum absolute atomic E-state index is 0.0184. The number of para-hydroxylation sites is 1. The summed E-state index contributed by atoms with van der Waals surface area (Å²) >= 11 is 0. The summed E-state index contributed by atoms with van der Waals surface area (Å²) in [6.45, 7) is 3.91. The number of furan rings is 1. The minimum Gasteiger partial charge on any atom is -0.507 e. The van der Waals surface area contributed by atoms with Crippen molar-refractivity contribution in [2.45, 2.75) is 25.8 Å². The summed E-state index contributed by atoms with van der Waals surface area (Å²) in [5, 5.41) is 30.4. The standard InChI is InChI=1S/C28H24N4O5/c1-17-11-12-20(15-18(17)2)32-26(34)25(24(30-32)23-10-6-14-37-23)29-31-28(27(35)36)13-5-7-19(16-28)21-8-3-4-9-22(21)33/h3-15,31,33H,16H2,1-2H3,(H,35,36)/b29-25-. The van der Waals surface area contributed by atoms with E-state index in [4.69, 9.17) is 4.42 Å². The molecular weight excluding hydrogens is 472 g/mol. The van der Waals surface area contributed by atoms with Crippen molar-refractivity contribution >= 4 is 34.6 Å². The first-order valence-electron chi connectivity index (χ1n) is 11.6. The number of hydrogen-bond donors (Lipinski definition) is 3. The van der Waals surface area contributed by atoms with Gasteiger partial charge in [0.25, 0.3) is 0 Å². The second kappa shape index (κ2) is 9.27. The molecule has 5 rings (SSSR count). The summed E-state index contributed by atoms with van der Waals surface area (Å²) in [4.78, 5) is 25.9. The summed E-state index contributed by atoms with van der Waals surface area (Å²) in [5.41, 5.74) is 4.88. The Labute approximate surface area is 212 Å². The van der Waals surface area contributed by atoms with Crippen molar-refractivity contribution in [3.05, 3.63) is 102 Å². The highest BCUT2D eigenvalue weighted by atomic mass is 16.4. The van der Waals surface area contributed by atoms with Crippen LogP contribution in [0.15, 0.2) is 93.7 Å². The predicted octanol–water partition coefficient (Wildman–Crippen LogP) is 4.17. The SMILES string of the molecule is Cc1ccc(N2N=C(c3ccco3)/C(=N/NC3(C(=O)O)C=CC=C(c4ccccc4O)C3)C2=O)cc1C. The van der Waals surface area contributed by atoms with Gasteiger partial charge in [-0.1, -0.05) is 36.4 Å². The molecule has 3 aromatic rings. The number of aliphatic carboxylic acids is 1. The van der Waals surface area contributed by atoms with Crippen LogP contribution in [0.1, 0.15) is 28.9 Å². The number of amides is 1. The summed E-state index contributed by atoms with van der Waals surface area (Å²) in [6.07, 6.45) is 6.23. The Balaban J connectivity index is 1.51. The van der Waals surface area contributed by atoms with E-state index in [0.717, 1.165) is 11.1 Å². The van der Waals surface area contributed by atoms with Crippen LogP contribution in [0.3, 0.4) is 0 Å². The second-order valence-electron chi connectivity index (χ2n) is 8.91. The number of aromatic hydroxyl groups is 1. The maximum Gasteiger partial charge on any atom is 0.335 e. The molecule has 1 aliphatic carbocycles. The summed E-state index contributed by atoms with van der Waals surface area (Å²) in [6, 6.07) is 15.5. The van der Waals surface area contributed by atoms with Crippen molar-refractivity contribution in [1.82, 2.24) is 5.43 Å². The number of benzene rings is 2. The van der Waals surface area contributed by atoms with E-state index in [-0.39, 0.29) is 23.6 Å². The molecule has 0 saturated heterocycles. The number of hydrogen-bond acceptors (Lipinski definition) is 7. The lowest BCUT2D eigenvalue weighted by atomic mass is 9.84. The summed E-state index contributed by atoms with van der Waals surface area (Å²) < 4.78 is 5.49. The van der Waals surface area contributed by atoms with Crippen molar-refractivity contribution < 1.29 is 24.2 Å². The fraction of sp³-hybridized carbons (Fsp3) is 0.143. The maximum absolute atomic E-state index is 13.5. The lowest BCUT2D eigenvalue weighted by Crippen LogP contribution is -2.50. The molecule has 1 aliphatic heterocycles. The Kier molecular flexibility index (Phi) is 5.96. The van der Waals surface area contributed by atoms with Crippen molar-refractivity contribution in [3.8, 4) is 5.75 Å². The Morgan fingerprint density at radius 2 is 1.95 bits per heavy atom. The molecule has 2 aromatic carbocycles. The maximum atomic E-state index is 13.5. The van der Waals surface area contributed by atoms with E-state index in [2.05, 4.69) is 15.6 Å². The molecule has 1 amide bonds. The van der Waals surface area contributed by atoms with Gasteiger partial charge in [0.1, 0.15) is 5.75 Å². The highest BCUT2D eigenvalue weighted by Gasteiger charge is 2.41. The van der Waals surface area contributed by atoms with Crippen LogP contribution in [0, 0.1) is 13.8 Å². The zero-order valence-corrected chi connectivity index (χ0v) is 20.2. The smallest absolute Gasteiger partial charge is 0.335 e. The van der Waals surface area contributed by atoms with Crippen LogP contribution < -0.4 is 10.4 Å². The van der Waals surface area contributed by atoms with E-state index >= 15 is 0 Å². The van der Waals surface area contributed by atoms with Gasteiger partial charge in [0, 0.05) is 12.0 Å². The lowest BCUT2D eigenvalue weighted by Gasteiger charge is -2.29. The van der Waals surface area contributed by atoms with Crippen molar-refractivity contribution in [2.24, 2.45) is 10.2 Å². The number of phenols is 1. The lowest BCUT2D eigenvalue weighted by molar-refractivity contribution is -0.142. The Morgan fingerprint density at radius 1 is 1.14 bits per heavy atom. The minimum atomic E-state index is -1.66. The average molecular weight is 497 g/mol. The third-order valence-electron chi connectivity index (χ3n) is 6.46. The van der Waals surface area contributed by atoms with Gasteiger partial charge >= 0.3 is 11.9 Å². The molecular formula is C28H24N4O5. The Hall–Kier alpha value is -4.92. The zero-order valence-electron chi connectivity index (χ0n) is 20.2. The van der Waals surface area contributed by atoms with Crippen molar-refractivity contribution in [3.63, 3.8) is 0 Å². The van der Waals surface area contributed by atoms with Gasteiger partial charge in [-0.2, -0.15) is 15.2 Å². The monoisotopic (exact) mass is 496 g/mol. The second-order valence-corrected chi connectivity index (χ2v) is 8.91. The normalized spacial score (nSPS) is 20.2. The third-order valence-corrected chi connectivity index (χ3v) is 6.46. The van der Waals surface area contributed by atoms with Crippen LogP contribution in [0.25, 0.3) is 5.57 Å². The third kappa shape index (κ3) is 4.31. The van der Waals surface area contributed by atoms with Gasteiger partial charge in [0.2, 0.25) is 0 Å². The first-order chi connectivity index (χ1) is 17.8. The molecule has 37 heavy (non-hydrogen) atoms. The van der Waals surface area contributed by atoms with Gasteiger partial charge in [-0.05, 0) is 67.0 Å². The molecule has 0 radical (unpaired) electrons. The number of carboxylic acids is 1. The van der Waals surface area contributed by atoms with Gasteiger partial charge in [-0.25, -0.2) is 4.79 Å². The molecule has 1 atom stereocenters. The molecule has 9 nitrogen and oxygen atoms in total. The number of nitrogens with zero attached hydrogens (tertiary/aromatic N) is 3. The van der Waals surface area contributed by atoms with Crippen LogP contribution in [0.5, 0.6) is 5.75 Å². The first-order valence-corrected chi connectivity index (χ1v) is 11.6. The quantitative estimate of drug-likeness (QED) is 0.440. The molecule has 186 valence electrons. The van der Waals surface area contributed by atoms with Crippen molar-refractivity contribution in [1.29, 1.82) is 0 Å². The average Bonchev–Trinajstić information content (AvgIpc) is 3.53. The van der Waals surface area contributed by atoms with E-state index in [0.29, 0.717) is 22.6 Å². The highest BCUT2D eigenvalue weighted by molar-refractivity contribution is 6.74.